The van der Waals surface area contributed by atoms with E-state index in [9.17, 15) is 18.0 Å². The van der Waals surface area contributed by atoms with Gasteiger partial charge in [-0.2, -0.15) is 13.2 Å². The maximum atomic E-state index is 12.1. The van der Waals surface area contributed by atoms with E-state index in [-0.39, 0.29) is 6.04 Å². The van der Waals surface area contributed by atoms with Crippen LogP contribution in [0.4, 0.5) is 18.0 Å². The van der Waals surface area contributed by atoms with Crippen molar-refractivity contribution in [3.05, 3.63) is 0 Å². The number of piperidine rings is 1. The van der Waals surface area contributed by atoms with Crippen LogP contribution in [0.5, 0.6) is 0 Å². The Kier molecular flexibility index (Phi) is 4.54. The van der Waals surface area contributed by atoms with Crippen LogP contribution in [0.25, 0.3) is 0 Å². The van der Waals surface area contributed by atoms with Gasteiger partial charge >= 0.3 is 12.3 Å². The van der Waals surface area contributed by atoms with Gasteiger partial charge in [0.1, 0.15) is 0 Å². The third-order valence-electron chi connectivity index (χ3n) is 3.82. The molecule has 1 atom stereocenters. The first-order valence-electron chi connectivity index (χ1n) is 6.68. The van der Waals surface area contributed by atoms with Crippen molar-refractivity contribution in [3.63, 3.8) is 0 Å². The Balaban J connectivity index is 1.88. The van der Waals surface area contributed by atoms with Crippen LogP contribution < -0.4 is 5.32 Å². The molecule has 0 aromatic carbocycles. The lowest BCUT2D eigenvalue weighted by atomic mass is 9.89. The minimum atomic E-state index is -4.46. The van der Waals surface area contributed by atoms with Crippen molar-refractivity contribution >= 4 is 6.09 Å². The maximum Gasteiger partial charge on any atom is 0.422 e. The fourth-order valence-corrected chi connectivity index (χ4v) is 2.96. The Morgan fingerprint density at radius 3 is 2.58 bits per heavy atom. The number of halogens is 3. The highest BCUT2D eigenvalue weighted by Crippen LogP contribution is 2.30. The number of hydrogen-bond acceptors (Lipinski definition) is 3. The second-order valence-corrected chi connectivity index (χ2v) is 5.16. The van der Waals surface area contributed by atoms with Gasteiger partial charge < -0.3 is 15.0 Å². The minimum absolute atomic E-state index is 0.0443. The van der Waals surface area contributed by atoms with E-state index in [1.165, 1.54) is 4.90 Å². The molecule has 2 fully saturated rings. The van der Waals surface area contributed by atoms with Gasteiger partial charge in [0.2, 0.25) is 0 Å². The number of hydrogen-bond donors (Lipinski definition) is 1. The van der Waals surface area contributed by atoms with E-state index >= 15 is 0 Å². The topological polar surface area (TPSA) is 41.6 Å². The second kappa shape index (κ2) is 5.98. The lowest BCUT2D eigenvalue weighted by Gasteiger charge is -2.33. The van der Waals surface area contributed by atoms with E-state index < -0.39 is 18.9 Å². The van der Waals surface area contributed by atoms with Gasteiger partial charge in [0.25, 0.3) is 0 Å². The highest BCUT2D eigenvalue weighted by atomic mass is 19.4. The van der Waals surface area contributed by atoms with Crippen molar-refractivity contribution in [3.8, 4) is 0 Å². The molecule has 0 aromatic rings. The summed E-state index contributed by atoms with van der Waals surface area (Å²) in [5, 5.41) is 3.24. The summed E-state index contributed by atoms with van der Waals surface area (Å²) in [6, 6.07) is 0.0443. The number of likely N-dealkylation sites (tertiary alicyclic amines) is 1. The number of nitrogens with one attached hydrogen (secondary N) is 1. The average molecular weight is 280 g/mol. The summed E-state index contributed by atoms with van der Waals surface area (Å²) < 4.78 is 40.5. The molecule has 19 heavy (non-hydrogen) atoms. The van der Waals surface area contributed by atoms with Gasteiger partial charge in [-0.3, -0.25) is 0 Å². The maximum absolute atomic E-state index is 12.1. The van der Waals surface area contributed by atoms with Gasteiger partial charge in [0, 0.05) is 12.6 Å². The number of rotatable bonds is 2. The summed E-state index contributed by atoms with van der Waals surface area (Å²) in [6.45, 7) is 0.825. The second-order valence-electron chi connectivity index (χ2n) is 5.16. The third kappa shape index (κ3) is 3.99. The Morgan fingerprint density at radius 1 is 1.26 bits per heavy atom. The van der Waals surface area contributed by atoms with E-state index in [0.717, 1.165) is 38.8 Å². The van der Waals surface area contributed by atoms with Crippen LogP contribution >= 0.6 is 0 Å². The van der Waals surface area contributed by atoms with Gasteiger partial charge in [-0.25, -0.2) is 4.79 Å². The fourth-order valence-electron chi connectivity index (χ4n) is 2.96. The molecule has 0 spiro atoms. The summed E-state index contributed by atoms with van der Waals surface area (Å²) in [4.78, 5) is 13.2. The Labute approximate surface area is 110 Å². The summed E-state index contributed by atoms with van der Waals surface area (Å²) in [7, 11) is 0. The van der Waals surface area contributed by atoms with Crippen molar-refractivity contribution in [1.82, 2.24) is 10.2 Å². The zero-order valence-corrected chi connectivity index (χ0v) is 10.7. The first kappa shape index (κ1) is 14.4. The molecule has 2 aliphatic heterocycles. The Bertz CT molecular complexity index is 317. The van der Waals surface area contributed by atoms with E-state index in [1.54, 1.807) is 0 Å². The Hall–Kier alpha value is -0.980. The lowest BCUT2D eigenvalue weighted by Crippen LogP contribution is -2.44. The van der Waals surface area contributed by atoms with Crippen molar-refractivity contribution in [2.75, 3.05) is 26.2 Å². The molecule has 2 saturated heterocycles. The molecule has 4 nitrogen and oxygen atoms in total. The largest absolute Gasteiger partial charge is 0.440 e. The van der Waals surface area contributed by atoms with Gasteiger partial charge in [0.05, 0.1) is 0 Å². The van der Waals surface area contributed by atoms with E-state index in [0.29, 0.717) is 12.5 Å². The first-order valence-corrected chi connectivity index (χ1v) is 6.68. The molecule has 7 heteroatoms. The van der Waals surface area contributed by atoms with E-state index in [1.807, 2.05) is 0 Å². The van der Waals surface area contributed by atoms with Crippen LogP contribution in [0.1, 0.15) is 25.7 Å². The first-order chi connectivity index (χ1) is 8.97. The standard InChI is InChI=1S/C12H19F3N2O2/c13-12(14,15)8-19-11(18)17-7-1-2-10(17)9-3-5-16-6-4-9/h9-10,16H,1-8H2. The van der Waals surface area contributed by atoms with Gasteiger partial charge in [0.15, 0.2) is 6.61 Å². The minimum Gasteiger partial charge on any atom is -0.440 e. The molecule has 110 valence electrons. The smallest absolute Gasteiger partial charge is 0.422 e. The summed E-state index contributed by atoms with van der Waals surface area (Å²) in [6.07, 6.45) is -1.64. The molecule has 0 saturated carbocycles. The summed E-state index contributed by atoms with van der Waals surface area (Å²) >= 11 is 0. The molecule has 0 radical (unpaired) electrons. The number of amides is 1. The highest BCUT2D eigenvalue weighted by molar-refractivity contribution is 5.68. The molecule has 1 amide bonds. The van der Waals surface area contributed by atoms with Gasteiger partial charge in [-0.05, 0) is 44.7 Å². The van der Waals surface area contributed by atoms with Crippen molar-refractivity contribution in [2.45, 2.75) is 37.9 Å². The van der Waals surface area contributed by atoms with E-state index in [4.69, 9.17) is 0 Å². The van der Waals surface area contributed by atoms with Crippen molar-refractivity contribution in [2.24, 2.45) is 5.92 Å². The van der Waals surface area contributed by atoms with Crippen LogP contribution in [0.2, 0.25) is 0 Å². The third-order valence-corrected chi connectivity index (χ3v) is 3.82. The van der Waals surface area contributed by atoms with Crippen LogP contribution in [0, 0.1) is 5.92 Å². The normalized spacial score (nSPS) is 25.6. The summed E-state index contributed by atoms with van der Waals surface area (Å²) in [5.41, 5.74) is 0. The molecular weight excluding hydrogens is 261 g/mol. The number of carbonyl (C=O) groups excluding carboxylic acids is 1. The molecule has 2 rings (SSSR count). The average Bonchev–Trinajstić information content (AvgIpc) is 2.85. The number of alkyl halides is 3. The van der Waals surface area contributed by atoms with Crippen LogP contribution in [-0.4, -0.2) is 49.5 Å². The highest BCUT2D eigenvalue weighted by Gasteiger charge is 2.37. The number of ether oxygens (including phenoxy) is 1. The fraction of sp³-hybridized carbons (Fsp3) is 0.917. The zero-order chi connectivity index (χ0) is 13.9. The quantitative estimate of drug-likeness (QED) is 0.842. The molecule has 0 bridgehead atoms. The molecular formula is C12H19F3N2O2. The Morgan fingerprint density at radius 2 is 1.95 bits per heavy atom. The SMILES string of the molecule is O=C(OCC(F)(F)F)N1CCCC1C1CCNCC1. The van der Waals surface area contributed by atoms with Crippen LogP contribution in [0.3, 0.4) is 0 Å². The molecule has 2 aliphatic rings. The monoisotopic (exact) mass is 280 g/mol. The number of carbonyl (C=O) groups is 1. The van der Waals surface area contributed by atoms with Crippen LogP contribution in [-0.2, 0) is 4.74 Å². The number of nitrogens with zero attached hydrogens (tertiary/aromatic N) is 1. The van der Waals surface area contributed by atoms with Gasteiger partial charge in [-0.15, -0.1) is 0 Å². The molecule has 2 heterocycles. The van der Waals surface area contributed by atoms with Crippen LogP contribution in [0.15, 0.2) is 0 Å². The predicted molar refractivity (Wildman–Crippen MR) is 62.7 cm³/mol. The van der Waals surface area contributed by atoms with Crippen molar-refractivity contribution in [1.29, 1.82) is 0 Å². The van der Waals surface area contributed by atoms with E-state index in [2.05, 4.69) is 10.1 Å². The molecule has 0 aromatic heterocycles. The predicted octanol–water partition coefficient (Wildman–Crippen LogP) is 2.15. The zero-order valence-electron chi connectivity index (χ0n) is 10.7. The molecule has 0 aliphatic carbocycles. The molecule has 1 N–H and O–H groups in total. The van der Waals surface area contributed by atoms with Crippen molar-refractivity contribution < 1.29 is 22.7 Å². The lowest BCUT2D eigenvalue weighted by molar-refractivity contribution is -0.162. The summed E-state index contributed by atoms with van der Waals surface area (Å²) in [5.74, 6) is 0.377. The van der Waals surface area contributed by atoms with Gasteiger partial charge in [-0.1, -0.05) is 0 Å². The molecule has 1 unspecified atom stereocenters.